The molecule has 0 N–H and O–H groups in total. The van der Waals surface area contributed by atoms with E-state index in [-0.39, 0.29) is 11.8 Å². The number of hydrogen-bond donors (Lipinski definition) is 0. The molecule has 150 valence electrons. The molecule has 5 nitrogen and oxygen atoms in total. The highest BCUT2D eigenvalue weighted by atomic mass is 35.5. The number of para-hydroxylation sites is 1. The SMILES string of the molecule is CCn1cc(C(=O)N2CCN(C(=O)Cc3ccc(Cl)cc3)CC2)c2ccccc21. The van der Waals surface area contributed by atoms with Crippen LogP contribution in [0.5, 0.6) is 0 Å². The van der Waals surface area contributed by atoms with Gasteiger partial charge in [0, 0.05) is 54.8 Å². The van der Waals surface area contributed by atoms with Crippen LogP contribution < -0.4 is 0 Å². The van der Waals surface area contributed by atoms with Crippen molar-refractivity contribution >= 4 is 34.3 Å². The van der Waals surface area contributed by atoms with Gasteiger partial charge in [0.25, 0.3) is 5.91 Å². The maximum absolute atomic E-state index is 13.1. The minimum atomic E-state index is 0.0400. The van der Waals surface area contributed by atoms with Gasteiger partial charge in [-0.1, -0.05) is 41.9 Å². The first-order valence-corrected chi connectivity index (χ1v) is 10.3. The van der Waals surface area contributed by atoms with E-state index in [0.29, 0.717) is 37.6 Å². The van der Waals surface area contributed by atoms with Crippen molar-refractivity contribution in [1.82, 2.24) is 14.4 Å². The maximum Gasteiger partial charge on any atom is 0.256 e. The van der Waals surface area contributed by atoms with E-state index in [1.54, 1.807) is 12.1 Å². The fourth-order valence-electron chi connectivity index (χ4n) is 3.90. The van der Waals surface area contributed by atoms with Gasteiger partial charge in [-0.2, -0.15) is 0 Å². The fraction of sp³-hybridized carbons (Fsp3) is 0.304. The van der Waals surface area contributed by atoms with Crippen LogP contribution in [0.15, 0.2) is 54.7 Å². The van der Waals surface area contributed by atoms with E-state index in [0.717, 1.165) is 28.6 Å². The number of fused-ring (bicyclic) bond motifs is 1. The van der Waals surface area contributed by atoms with Gasteiger partial charge >= 0.3 is 0 Å². The van der Waals surface area contributed by atoms with Gasteiger partial charge in [-0.3, -0.25) is 9.59 Å². The fourth-order valence-corrected chi connectivity index (χ4v) is 4.02. The summed E-state index contributed by atoms with van der Waals surface area (Å²) in [7, 11) is 0. The van der Waals surface area contributed by atoms with Crippen LogP contribution in [-0.2, 0) is 17.8 Å². The van der Waals surface area contributed by atoms with E-state index >= 15 is 0 Å². The lowest BCUT2D eigenvalue weighted by molar-refractivity contribution is -0.131. The molecule has 29 heavy (non-hydrogen) atoms. The molecule has 6 heteroatoms. The van der Waals surface area contributed by atoms with Gasteiger partial charge in [-0.05, 0) is 30.7 Å². The molecule has 0 spiro atoms. The number of nitrogens with zero attached hydrogens (tertiary/aromatic N) is 3. The molecular formula is C23H24ClN3O2. The zero-order chi connectivity index (χ0) is 20.4. The molecule has 2 amide bonds. The summed E-state index contributed by atoms with van der Waals surface area (Å²) in [5.74, 6) is 0.125. The summed E-state index contributed by atoms with van der Waals surface area (Å²) < 4.78 is 2.11. The Morgan fingerprint density at radius 1 is 0.931 bits per heavy atom. The molecule has 0 saturated carbocycles. The third-order valence-electron chi connectivity index (χ3n) is 5.55. The first-order chi connectivity index (χ1) is 14.1. The van der Waals surface area contributed by atoms with E-state index in [1.165, 1.54) is 0 Å². The summed E-state index contributed by atoms with van der Waals surface area (Å²) in [5, 5.41) is 1.65. The van der Waals surface area contributed by atoms with Crippen LogP contribution in [0.1, 0.15) is 22.8 Å². The average molecular weight is 410 g/mol. The standard InChI is InChI=1S/C23H24ClN3O2/c1-2-25-16-20(19-5-3-4-6-21(19)25)23(29)27-13-11-26(12-14-27)22(28)15-17-7-9-18(24)10-8-17/h3-10,16H,2,11-15H2,1H3. The van der Waals surface area contributed by atoms with Crippen molar-refractivity contribution in [2.24, 2.45) is 0 Å². The van der Waals surface area contributed by atoms with E-state index in [9.17, 15) is 9.59 Å². The Hall–Kier alpha value is -2.79. The van der Waals surface area contributed by atoms with Gasteiger partial charge in [-0.25, -0.2) is 0 Å². The zero-order valence-electron chi connectivity index (χ0n) is 16.5. The molecule has 0 atom stereocenters. The number of amides is 2. The molecule has 1 fully saturated rings. The number of rotatable bonds is 4. The molecule has 2 heterocycles. The highest BCUT2D eigenvalue weighted by Gasteiger charge is 2.26. The van der Waals surface area contributed by atoms with E-state index in [2.05, 4.69) is 11.5 Å². The Morgan fingerprint density at radius 3 is 2.28 bits per heavy atom. The summed E-state index contributed by atoms with van der Waals surface area (Å²) in [6, 6.07) is 15.4. The molecule has 2 aromatic carbocycles. The highest BCUT2D eigenvalue weighted by Crippen LogP contribution is 2.23. The van der Waals surface area contributed by atoms with Crippen LogP contribution in [-0.4, -0.2) is 52.4 Å². The number of carbonyl (C=O) groups excluding carboxylic acids is 2. The monoisotopic (exact) mass is 409 g/mol. The van der Waals surface area contributed by atoms with Crippen LogP contribution in [0.4, 0.5) is 0 Å². The summed E-state index contributed by atoms with van der Waals surface area (Å²) in [6.45, 7) is 5.12. The van der Waals surface area contributed by atoms with Crippen LogP contribution in [0.3, 0.4) is 0 Å². The van der Waals surface area contributed by atoms with Crippen LogP contribution in [0.2, 0.25) is 5.02 Å². The van der Waals surface area contributed by atoms with Gasteiger partial charge in [-0.15, -0.1) is 0 Å². The van der Waals surface area contributed by atoms with Gasteiger partial charge in [0.05, 0.1) is 12.0 Å². The number of benzene rings is 2. The van der Waals surface area contributed by atoms with Gasteiger partial charge in [0.15, 0.2) is 0 Å². The number of hydrogen-bond acceptors (Lipinski definition) is 2. The van der Waals surface area contributed by atoms with Crippen molar-refractivity contribution in [3.05, 3.63) is 70.9 Å². The summed E-state index contributed by atoms with van der Waals surface area (Å²) in [4.78, 5) is 29.4. The molecule has 1 aliphatic heterocycles. The number of aryl methyl sites for hydroxylation is 1. The molecule has 3 aromatic rings. The Labute approximate surface area is 175 Å². The second kappa shape index (κ2) is 8.29. The Kier molecular flexibility index (Phi) is 5.58. The van der Waals surface area contributed by atoms with Crippen molar-refractivity contribution in [2.45, 2.75) is 19.9 Å². The summed E-state index contributed by atoms with van der Waals surface area (Å²) in [6.07, 6.45) is 2.31. The normalized spacial score (nSPS) is 14.4. The topological polar surface area (TPSA) is 45.6 Å². The first kappa shape index (κ1) is 19.5. The van der Waals surface area contributed by atoms with Crippen LogP contribution in [0.25, 0.3) is 10.9 Å². The zero-order valence-corrected chi connectivity index (χ0v) is 17.2. The lowest BCUT2D eigenvalue weighted by Crippen LogP contribution is -2.51. The Morgan fingerprint density at radius 2 is 1.59 bits per heavy atom. The first-order valence-electron chi connectivity index (χ1n) is 9.96. The molecule has 0 bridgehead atoms. The van der Waals surface area contributed by atoms with Crippen molar-refractivity contribution in [1.29, 1.82) is 0 Å². The summed E-state index contributed by atoms with van der Waals surface area (Å²) in [5.41, 5.74) is 2.77. The van der Waals surface area contributed by atoms with Crippen molar-refractivity contribution < 1.29 is 9.59 Å². The smallest absolute Gasteiger partial charge is 0.256 e. The molecule has 4 rings (SSSR count). The lowest BCUT2D eigenvalue weighted by Gasteiger charge is -2.34. The van der Waals surface area contributed by atoms with Gasteiger partial charge in [0.2, 0.25) is 5.91 Å². The molecule has 1 aliphatic rings. The number of carbonyl (C=O) groups is 2. The van der Waals surface area contributed by atoms with Crippen LogP contribution >= 0.6 is 11.6 Å². The third-order valence-corrected chi connectivity index (χ3v) is 5.80. The molecular weight excluding hydrogens is 386 g/mol. The summed E-state index contributed by atoms with van der Waals surface area (Å²) >= 11 is 5.91. The quantitative estimate of drug-likeness (QED) is 0.657. The molecule has 0 aliphatic carbocycles. The predicted octanol–water partition coefficient (Wildman–Crippen LogP) is 3.84. The molecule has 0 unspecified atom stereocenters. The third kappa shape index (κ3) is 4.01. The molecule has 1 saturated heterocycles. The molecule has 1 aromatic heterocycles. The van der Waals surface area contributed by atoms with E-state index in [1.807, 2.05) is 52.4 Å². The lowest BCUT2D eigenvalue weighted by atomic mass is 10.1. The molecule has 0 radical (unpaired) electrons. The van der Waals surface area contributed by atoms with Crippen LogP contribution in [0, 0.1) is 0 Å². The van der Waals surface area contributed by atoms with E-state index < -0.39 is 0 Å². The Balaban J connectivity index is 1.41. The number of halogens is 1. The van der Waals surface area contributed by atoms with Gasteiger partial charge < -0.3 is 14.4 Å². The minimum absolute atomic E-state index is 0.0400. The van der Waals surface area contributed by atoms with Gasteiger partial charge in [0.1, 0.15) is 0 Å². The predicted molar refractivity (Wildman–Crippen MR) is 115 cm³/mol. The minimum Gasteiger partial charge on any atom is -0.347 e. The highest BCUT2D eigenvalue weighted by molar-refractivity contribution is 6.30. The average Bonchev–Trinajstić information content (AvgIpc) is 3.14. The second-order valence-corrected chi connectivity index (χ2v) is 7.76. The van der Waals surface area contributed by atoms with Crippen molar-refractivity contribution in [3.63, 3.8) is 0 Å². The second-order valence-electron chi connectivity index (χ2n) is 7.32. The van der Waals surface area contributed by atoms with E-state index in [4.69, 9.17) is 11.6 Å². The number of piperazine rings is 1. The van der Waals surface area contributed by atoms with Crippen molar-refractivity contribution in [2.75, 3.05) is 26.2 Å². The number of aromatic nitrogens is 1. The van der Waals surface area contributed by atoms with Crippen molar-refractivity contribution in [3.8, 4) is 0 Å². The Bertz CT molecular complexity index is 1030. The largest absolute Gasteiger partial charge is 0.347 e. The maximum atomic E-state index is 13.1.